The van der Waals surface area contributed by atoms with Gasteiger partial charge in [0.05, 0.1) is 18.5 Å². The van der Waals surface area contributed by atoms with E-state index in [1.54, 1.807) is 6.21 Å². The highest BCUT2D eigenvalue weighted by Crippen LogP contribution is 2.13. The van der Waals surface area contributed by atoms with Crippen molar-refractivity contribution in [2.45, 2.75) is 18.9 Å². The van der Waals surface area contributed by atoms with E-state index in [1.165, 1.54) is 19.9 Å². The molecule has 1 heterocycles. The minimum atomic E-state index is 0.466. The molecule has 0 bridgehead atoms. The predicted octanol–water partition coefficient (Wildman–Crippen LogP) is 1.76. The molecule has 1 unspecified atom stereocenters. The number of hydrazone groups is 1. The molecule has 1 fully saturated rings. The van der Waals surface area contributed by atoms with E-state index in [0.717, 1.165) is 23.0 Å². The zero-order valence-electron chi connectivity index (χ0n) is 11.0. The van der Waals surface area contributed by atoms with Crippen molar-refractivity contribution in [1.29, 1.82) is 0 Å². The van der Waals surface area contributed by atoms with Gasteiger partial charge >= 0.3 is 0 Å². The van der Waals surface area contributed by atoms with Gasteiger partial charge in [-0.2, -0.15) is 10.2 Å². The first kappa shape index (κ1) is 13.5. The Labute approximate surface area is 112 Å². The van der Waals surface area contributed by atoms with Gasteiger partial charge in [-0.25, -0.2) is 0 Å². The monoisotopic (exact) mass is 262 g/mol. The number of nitrogens with one attached hydrogen (secondary N) is 1. The Morgan fingerprint density at radius 1 is 1.47 bits per heavy atom. The number of hydrogen-bond acceptors (Lipinski definition) is 5. The maximum atomic E-state index is 10.1. The molecule has 102 valence electrons. The van der Waals surface area contributed by atoms with Crippen molar-refractivity contribution in [1.82, 2.24) is 10.4 Å². The lowest BCUT2D eigenvalue weighted by Crippen LogP contribution is -2.28. The fourth-order valence-corrected chi connectivity index (χ4v) is 1.92. The molecule has 2 rings (SSSR count). The molecule has 6 nitrogen and oxygen atoms in total. The van der Waals surface area contributed by atoms with Crippen LogP contribution in [0.4, 0.5) is 0 Å². The molecular formula is C13H18N4O2. The highest BCUT2D eigenvalue weighted by Gasteiger charge is 2.14. The van der Waals surface area contributed by atoms with E-state index < -0.39 is 0 Å². The number of rotatable bonds is 6. The van der Waals surface area contributed by atoms with E-state index in [1.807, 2.05) is 24.3 Å². The summed E-state index contributed by atoms with van der Waals surface area (Å²) in [7, 11) is 1.48. The third-order valence-corrected chi connectivity index (χ3v) is 2.99. The van der Waals surface area contributed by atoms with Crippen molar-refractivity contribution in [3.05, 3.63) is 34.7 Å². The Morgan fingerprint density at radius 2 is 2.26 bits per heavy atom. The zero-order chi connectivity index (χ0) is 13.5. The fourth-order valence-electron chi connectivity index (χ4n) is 1.92. The molecule has 0 aromatic heterocycles. The molecule has 1 atom stereocenters. The smallest absolute Gasteiger partial charge is 0.119 e. The average Bonchev–Trinajstić information content (AvgIpc) is 2.97. The van der Waals surface area contributed by atoms with Crippen LogP contribution in [0, 0.1) is 4.91 Å². The van der Waals surface area contributed by atoms with Gasteiger partial charge in [0, 0.05) is 6.04 Å². The molecule has 1 saturated heterocycles. The fraction of sp³-hybridized carbons (Fsp3) is 0.462. The minimum absolute atomic E-state index is 0.466. The third kappa shape index (κ3) is 4.33. The molecule has 1 aliphatic heterocycles. The Kier molecular flexibility index (Phi) is 4.85. The van der Waals surface area contributed by atoms with Crippen LogP contribution in [0.25, 0.3) is 0 Å². The van der Waals surface area contributed by atoms with Crippen LogP contribution in [0.2, 0.25) is 0 Å². The lowest BCUT2D eigenvalue weighted by Gasteiger charge is -2.12. The van der Waals surface area contributed by atoms with E-state index in [-0.39, 0.29) is 0 Å². The largest absolute Gasteiger partial charge is 0.492 e. The minimum Gasteiger partial charge on any atom is -0.492 e. The van der Waals surface area contributed by atoms with Crippen LogP contribution in [-0.2, 0) is 0 Å². The topological polar surface area (TPSA) is 66.3 Å². The number of nitrogens with zero attached hydrogens (tertiary/aromatic N) is 3. The summed E-state index contributed by atoms with van der Waals surface area (Å²) in [6, 6.07) is 8.03. The van der Waals surface area contributed by atoms with E-state index in [9.17, 15) is 4.91 Å². The number of benzene rings is 1. The van der Waals surface area contributed by atoms with Crippen molar-refractivity contribution < 1.29 is 4.74 Å². The summed E-state index contributed by atoms with van der Waals surface area (Å²) in [5.74, 6) is 0.840. The van der Waals surface area contributed by atoms with Crippen LogP contribution in [0.1, 0.15) is 18.4 Å². The van der Waals surface area contributed by atoms with Gasteiger partial charge in [-0.05, 0) is 49.2 Å². The second-order valence-electron chi connectivity index (χ2n) is 4.49. The summed E-state index contributed by atoms with van der Waals surface area (Å²) in [4.78, 5) is 10.1. The standard InChI is InChI=1S/C13H18N4O2/c1-17(16-18)15-9-11-4-6-13(7-5-11)19-10-12-3-2-8-14-12/h4-7,9,12,14H,2-3,8,10H2,1H3/b15-9+. The Balaban J connectivity index is 1.83. The molecule has 0 spiro atoms. The van der Waals surface area contributed by atoms with Gasteiger partial charge in [0.2, 0.25) is 0 Å². The van der Waals surface area contributed by atoms with Crippen LogP contribution in [0.5, 0.6) is 5.75 Å². The van der Waals surface area contributed by atoms with Crippen molar-refractivity contribution >= 4 is 6.21 Å². The predicted molar refractivity (Wildman–Crippen MR) is 74.1 cm³/mol. The van der Waals surface area contributed by atoms with Gasteiger partial charge < -0.3 is 10.1 Å². The summed E-state index contributed by atoms with van der Waals surface area (Å²) in [6.07, 6.45) is 3.97. The molecule has 0 saturated carbocycles. The van der Waals surface area contributed by atoms with Crippen molar-refractivity contribution in [3.8, 4) is 5.75 Å². The molecule has 6 heteroatoms. The van der Waals surface area contributed by atoms with Crippen molar-refractivity contribution in [2.24, 2.45) is 10.4 Å². The number of ether oxygens (including phenoxy) is 1. The molecule has 0 radical (unpaired) electrons. The normalized spacial score (nSPS) is 18.7. The maximum absolute atomic E-state index is 10.1. The van der Waals surface area contributed by atoms with E-state index >= 15 is 0 Å². The summed E-state index contributed by atoms with van der Waals surface area (Å²) in [5.41, 5.74) is 0.891. The first-order valence-corrected chi connectivity index (χ1v) is 6.35. The summed E-state index contributed by atoms with van der Waals surface area (Å²) in [5, 5.41) is 10.8. The van der Waals surface area contributed by atoms with Crippen LogP contribution < -0.4 is 10.1 Å². The lowest BCUT2D eigenvalue weighted by atomic mass is 10.2. The third-order valence-electron chi connectivity index (χ3n) is 2.99. The van der Waals surface area contributed by atoms with Gasteiger partial charge in [-0.1, -0.05) is 0 Å². The first-order valence-electron chi connectivity index (χ1n) is 6.35. The average molecular weight is 262 g/mol. The summed E-state index contributed by atoms with van der Waals surface area (Å²) in [6.45, 7) is 1.78. The van der Waals surface area contributed by atoms with Gasteiger partial charge in [0.15, 0.2) is 0 Å². The van der Waals surface area contributed by atoms with E-state index in [4.69, 9.17) is 4.74 Å². The number of nitroso groups, excluding NO2 is 1. The Hall–Kier alpha value is -1.95. The molecule has 1 N–H and O–H groups in total. The van der Waals surface area contributed by atoms with Crippen LogP contribution >= 0.6 is 0 Å². The molecule has 1 aromatic carbocycles. The van der Waals surface area contributed by atoms with Gasteiger partial charge in [-0.3, -0.25) is 0 Å². The summed E-state index contributed by atoms with van der Waals surface area (Å²) >= 11 is 0. The molecule has 0 amide bonds. The molecule has 1 aromatic rings. The van der Waals surface area contributed by atoms with Crippen LogP contribution in [-0.4, -0.2) is 37.6 Å². The molecule has 19 heavy (non-hydrogen) atoms. The molecule has 0 aliphatic carbocycles. The first-order chi connectivity index (χ1) is 9.28. The van der Waals surface area contributed by atoms with Gasteiger partial charge in [0.25, 0.3) is 0 Å². The highest BCUT2D eigenvalue weighted by molar-refractivity contribution is 5.79. The molecular weight excluding hydrogens is 244 g/mol. The maximum Gasteiger partial charge on any atom is 0.119 e. The second-order valence-corrected chi connectivity index (χ2v) is 4.49. The van der Waals surface area contributed by atoms with Gasteiger partial charge in [-0.15, -0.1) is 4.91 Å². The van der Waals surface area contributed by atoms with Crippen LogP contribution in [0.3, 0.4) is 0 Å². The highest BCUT2D eigenvalue weighted by atomic mass is 16.5. The van der Waals surface area contributed by atoms with E-state index in [2.05, 4.69) is 15.7 Å². The lowest BCUT2D eigenvalue weighted by molar-refractivity contribution is 0.277. The Bertz CT molecular complexity index is 427. The van der Waals surface area contributed by atoms with E-state index in [0.29, 0.717) is 12.6 Å². The van der Waals surface area contributed by atoms with Crippen LogP contribution in [0.15, 0.2) is 34.7 Å². The quantitative estimate of drug-likeness (QED) is 0.482. The SMILES string of the molecule is CN(N=O)/N=C/c1ccc(OCC2CCCN2)cc1. The Morgan fingerprint density at radius 3 is 2.89 bits per heavy atom. The summed E-state index contributed by atoms with van der Waals surface area (Å²) < 4.78 is 5.71. The van der Waals surface area contributed by atoms with Gasteiger partial charge in [0.1, 0.15) is 12.4 Å². The zero-order valence-corrected chi connectivity index (χ0v) is 11.0. The van der Waals surface area contributed by atoms with Crippen molar-refractivity contribution in [2.75, 3.05) is 20.2 Å². The number of hydrogen-bond donors (Lipinski definition) is 1. The second kappa shape index (κ2) is 6.84. The van der Waals surface area contributed by atoms with Crippen molar-refractivity contribution in [3.63, 3.8) is 0 Å². The molecule has 1 aliphatic rings.